The molecule has 2 aliphatic rings. The van der Waals surface area contributed by atoms with Crippen LogP contribution in [0, 0.1) is 5.41 Å². The average molecular weight is 319 g/mol. The number of rotatable bonds is 4. The minimum absolute atomic E-state index is 0.370. The van der Waals surface area contributed by atoms with Crippen molar-refractivity contribution in [3.05, 3.63) is 12.0 Å². The van der Waals surface area contributed by atoms with Crippen LogP contribution in [0.3, 0.4) is 0 Å². The van der Waals surface area contributed by atoms with Crippen LogP contribution >= 0.6 is 11.8 Å². The first-order valence-electron chi connectivity index (χ1n) is 6.46. The molecule has 7 nitrogen and oxygen atoms in total. The number of aliphatic imine (C=N–C) groups is 1. The Morgan fingerprint density at radius 2 is 2.43 bits per heavy atom. The molecule has 0 saturated carbocycles. The van der Waals surface area contributed by atoms with Crippen molar-refractivity contribution in [2.24, 2.45) is 16.1 Å². The fraction of sp³-hybridized carbons (Fsp3) is 0.667. The number of ether oxygens (including phenoxy) is 1. The van der Waals surface area contributed by atoms with Gasteiger partial charge in [-0.05, 0) is 13.3 Å². The monoisotopic (exact) mass is 319 g/mol. The highest BCUT2D eigenvalue weighted by atomic mass is 32.2. The summed E-state index contributed by atoms with van der Waals surface area (Å²) >= 11 is 1.32. The van der Waals surface area contributed by atoms with Gasteiger partial charge in [-0.3, -0.25) is 4.79 Å². The molecule has 0 aliphatic carbocycles. The van der Waals surface area contributed by atoms with Crippen molar-refractivity contribution in [1.29, 1.82) is 0 Å². The van der Waals surface area contributed by atoms with E-state index in [-0.39, 0.29) is 5.84 Å². The van der Waals surface area contributed by atoms with Gasteiger partial charge in [0.1, 0.15) is 17.1 Å². The van der Waals surface area contributed by atoms with Gasteiger partial charge in [0.05, 0.1) is 0 Å². The highest BCUT2D eigenvalue weighted by Gasteiger charge is 2.47. The summed E-state index contributed by atoms with van der Waals surface area (Å²) in [6, 6.07) is 0. The quantitative estimate of drug-likeness (QED) is 0.698. The summed E-state index contributed by atoms with van der Waals surface area (Å²) in [5, 5.41) is 19.2. The van der Waals surface area contributed by atoms with E-state index in [2.05, 4.69) is 4.99 Å². The second kappa shape index (κ2) is 5.82. The van der Waals surface area contributed by atoms with Gasteiger partial charge in [-0.15, -0.1) is 11.8 Å². The van der Waals surface area contributed by atoms with Crippen LogP contribution in [-0.4, -0.2) is 50.7 Å². The Labute approximate surface area is 125 Å². The van der Waals surface area contributed by atoms with Crippen LogP contribution in [0.15, 0.2) is 17.0 Å². The summed E-state index contributed by atoms with van der Waals surface area (Å²) in [5.74, 6) is -1.69. The number of hydrogen-bond donors (Lipinski definition) is 3. The number of aliphatic carboxylic acids is 1. The summed E-state index contributed by atoms with van der Waals surface area (Å²) in [5.41, 5.74) is 3.65. The number of carboxylic acid groups (broad SMARTS) is 1. The molecule has 0 aromatic heterocycles. The van der Waals surface area contributed by atoms with Gasteiger partial charge < -0.3 is 25.6 Å². The van der Waals surface area contributed by atoms with Crippen LogP contribution in [0.5, 0.6) is 0 Å². The zero-order valence-corrected chi connectivity index (χ0v) is 12.5. The Balaban J connectivity index is 2.11. The number of carboxylic acids is 1. The van der Waals surface area contributed by atoms with Crippen LogP contribution in [0.2, 0.25) is 0 Å². The van der Waals surface area contributed by atoms with Crippen molar-refractivity contribution >= 4 is 23.6 Å². The normalized spacial score (nSPS) is 32.4. The van der Waals surface area contributed by atoms with Crippen LogP contribution in [-0.2, 0) is 9.53 Å². The van der Waals surface area contributed by atoms with Gasteiger partial charge in [0.15, 0.2) is 11.7 Å². The largest absolute Gasteiger partial charge is 0.481 e. The summed E-state index contributed by atoms with van der Waals surface area (Å²) in [6.45, 7) is 3.38. The van der Waals surface area contributed by atoms with E-state index in [1.807, 2.05) is 0 Å². The van der Waals surface area contributed by atoms with Crippen LogP contribution in [0.25, 0.3) is 0 Å². The van der Waals surface area contributed by atoms with Crippen LogP contribution in [0.1, 0.15) is 20.3 Å². The third kappa shape index (κ3) is 2.85. The van der Waals surface area contributed by atoms with Crippen LogP contribution in [0.4, 0.5) is 4.39 Å². The summed E-state index contributed by atoms with van der Waals surface area (Å²) in [7, 11) is 0. The first kappa shape index (κ1) is 16.1. The number of aliphatic hydroxyl groups is 1. The van der Waals surface area contributed by atoms with Gasteiger partial charge in [-0.2, -0.15) is 0 Å². The zero-order valence-electron chi connectivity index (χ0n) is 11.7. The van der Waals surface area contributed by atoms with Crippen molar-refractivity contribution in [3.63, 3.8) is 0 Å². The van der Waals surface area contributed by atoms with E-state index >= 15 is 0 Å². The van der Waals surface area contributed by atoms with E-state index in [1.54, 1.807) is 13.8 Å². The summed E-state index contributed by atoms with van der Waals surface area (Å²) in [4.78, 5) is 16.2. The lowest BCUT2D eigenvalue weighted by molar-refractivity contribution is -0.160. The Kier molecular flexibility index (Phi) is 4.45. The SMILES string of the molecule is CCC(C)(C(=O)O)[C@H]1O[C@@H](N2C=C(F)C(N)=NC2O)CS1. The van der Waals surface area contributed by atoms with Gasteiger partial charge >= 0.3 is 5.97 Å². The maximum atomic E-state index is 13.5. The first-order valence-corrected chi connectivity index (χ1v) is 7.51. The maximum Gasteiger partial charge on any atom is 0.312 e. The van der Waals surface area contributed by atoms with Crippen molar-refractivity contribution < 1.29 is 24.1 Å². The Hall–Kier alpha value is -1.32. The molecule has 1 saturated heterocycles. The number of aliphatic hydroxyl groups excluding tert-OH is 1. The Morgan fingerprint density at radius 3 is 3.00 bits per heavy atom. The molecule has 0 aromatic carbocycles. The molecule has 1 fully saturated rings. The highest BCUT2D eigenvalue weighted by molar-refractivity contribution is 8.00. The van der Waals surface area contributed by atoms with Gasteiger partial charge in [-0.1, -0.05) is 6.92 Å². The molecule has 0 spiro atoms. The molecular formula is C12H18FN3O4S. The summed E-state index contributed by atoms with van der Waals surface area (Å²) in [6.07, 6.45) is -0.579. The molecule has 2 aliphatic heterocycles. The second-order valence-electron chi connectivity index (χ2n) is 5.12. The van der Waals surface area contributed by atoms with Gasteiger partial charge in [0, 0.05) is 12.0 Å². The number of nitrogens with zero attached hydrogens (tertiary/aromatic N) is 2. The third-order valence-corrected chi connectivity index (χ3v) is 5.19. The van der Waals surface area contributed by atoms with E-state index in [4.69, 9.17) is 10.5 Å². The van der Waals surface area contributed by atoms with Crippen molar-refractivity contribution in [2.75, 3.05) is 5.75 Å². The lowest BCUT2D eigenvalue weighted by Crippen LogP contribution is -2.45. The molecule has 2 unspecified atom stereocenters. The van der Waals surface area contributed by atoms with E-state index in [0.29, 0.717) is 12.2 Å². The lowest BCUT2D eigenvalue weighted by atomic mass is 9.88. The second-order valence-corrected chi connectivity index (χ2v) is 6.21. The lowest BCUT2D eigenvalue weighted by Gasteiger charge is -2.33. The number of carbonyl (C=O) groups is 1. The van der Waals surface area contributed by atoms with Crippen LogP contribution < -0.4 is 5.73 Å². The minimum Gasteiger partial charge on any atom is -0.481 e. The van der Waals surface area contributed by atoms with Crippen molar-refractivity contribution in [2.45, 2.75) is 38.3 Å². The molecule has 0 aromatic rings. The standard InChI is InChI=1S/C12H18FN3O4S/c1-3-12(2,9(17)18)10-20-7(5-21-10)16-4-6(13)8(14)15-11(16)19/h4,7,10-11,19H,3,5H2,1-2H3,(H2,14,15)(H,17,18)/t7-,10+,11?,12?/m1/s1. The van der Waals surface area contributed by atoms with E-state index in [0.717, 1.165) is 6.20 Å². The fourth-order valence-corrected chi connectivity index (χ4v) is 3.48. The molecule has 9 heteroatoms. The molecule has 2 heterocycles. The predicted molar refractivity (Wildman–Crippen MR) is 75.8 cm³/mol. The van der Waals surface area contributed by atoms with Crippen molar-refractivity contribution in [3.8, 4) is 0 Å². The number of nitrogens with two attached hydrogens (primary N) is 1. The Morgan fingerprint density at radius 1 is 1.76 bits per heavy atom. The molecule has 2 rings (SSSR count). The Bertz CT molecular complexity index is 501. The molecule has 118 valence electrons. The fourth-order valence-electron chi connectivity index (χ4n) is 2.05. The van der Waals surface area contributed by atoms with E-state index in [9.17, 15) is 19.4 Å². The molecule has 21 heavy (non-hydrogen) atoms. The number of hydrogen-bond acceptors (Lipinski definition) is 7. The molecule has 0 amide bonds. The number of amidine groups is 1. The topological polar surface area (TPSA) is 108 Å². The maximum absolute atomic E-state index is 13.5. The number of thioether (sulfide) groups is 1. The summed E-state index contributed by atoms with van der Waals surface area (Å²) < 4.78 is 19.2. The average Bonchev–Trinajstić information content (AvgIpc) is 2.91. The minimum atomic E-state index is -1.34. The molecular weight excluding hydrogens is 301 g/mol. The van der Waals surface area contributed by atoms with Crippen molar-refractivity contribution in [1.82, 2.24) is 4.90 Å². The smallest absolute Gasteiger partial charge is 0.312 e. The van der Waals surface area contributed by atoms with E-state index in [1.165, 1.54) is 16.7 Å². The zero-order chi connectivity index (χ0) is 15.8. The molecule has 4 atom stereocenters. The molecule has 0 bridgehead atoms. The predicted octanol–water partition coefficient (Wildman–Crippen LogP) is 0.663. The van der Waals surface area contributed by atoms with Gasteiger partial charge in [-0.25, -0.2) is 9.38 Å². The van der Waals surface area contributed by atoms with Gasteiger partial charge in [0.25, 0.3) is 0 Å². The molecule has 4 N–H and O–H groups in total. The van der Waals surface area contributed by atoms with E-state index < -0.39 is 35.2 Å². The first-order chi connectivity index (χ1) is 9.79. The number of halogens is 1. The van der Waals surface area contributed by atoms with Gasteiger partial charge in [0.2, 0.25) is 6.35 Å². The highest BCUT2D eigenvalue weighted by Crippen LogP contribution is 2.42. The third-order valence-electron chi connectivity index (χ3n) is 3.77. The molecule has 0 radical (unpaired) electrons.